The Balaban J connectivity index is 1.82. The summed E-state index contributed by atoms with van der Waals surface area (Å²) in [7, 11) is 0. The average molecular weight is 308 g/mol. The van der Waals surface area contributed by atoms with Crippen LogP contribution >= 0.6 is 23.2 Å². The maximum absolute atomic E-state index is 12.6. The Morgan fingerprint density at radius 3 is 1.95 bits per heavy atom. The summed E-state index contributed by atoms with van der Waals surface area (Å²) in [4.78, 5) is 26.5. The molecule has 0 spiro atoms. The van der Waals surface area contributed by atoms with Gasteiger partial charge in [-0.1, -0.05) is 41.4 Å². The standard InChI is InChI=1S/C15H11Cl2NO2/c16-9-2-1-3-10(17)13(9)18-14(19)11-7-4-5-8(6-7)12(11)15(18)20/h1-5,7-8,11-12H,6H2/t7-,8-,11-,12+/m0/s1. The maximum Gasteiger partial charge on any atom is 0.238 e. The Hall–Kier alpha value is -1.32. The van der Waals surface area contributed by atoms with Gasteiger partial charge in [0.25, 0.3) is 0 Å². The first-order chi connectivity index (χ1) is 9.59. The van der Waals surface area contributed by atoms with Crippen LogP contribution in [0.4, 0.5) is 5.69 Å². The SMILES string of the molecule is O=C1[C@@H]2[C@H](C(=O)N1c1c(Cl)cccc1Cl)[C@H]1C=C[C@H]2C1. The molecule has 20 heavy (non-hydrogen) atoms. The fraction of sp³-hybridized carbons (Fsp3) is 0.333. The van der Waals surface area contributed by atoms with Crippen molar-refractivity contribution in [1.82, 2.24) is 0 Å². The summed E-state index contributed by atoms with van der Waals surface area (Å²) in [5.74, 6) is -0.409. The van der Waals surface area contributed by atoms with Crippen molar-refractivity contribution >= 4 is 40.7 Å². The third kappa shape index (κ3) is 1.42. The van der Waals surface area contributed by atoms with Gasteiger partial charge in [-0.15, -0.1) is 0 Å². The normalized spacial score (nSPS) is 34.2. The molecule has 1 saturated heterocycles. The second kappa shape index (κ2) is 4.09. The lowest BCUT2D eigenvalue weighted by Crippen LogP contribution is -2.33. The van der Waals surface area contributed by atoms with E-state index in [0.29, 0.717) is 15.7 Å². The van der Waals surface area contributed by atoms with E-state index in [0.717, 1.165) is 6.42 Å². The molecule has 0 aromatic heterocycles. The maximum atomic E-state index is 12.6. The van der Waals surface area contributed by atoms with Crippen molar-refractivity contribution in [3.05, 3.63) is 40.4 Å². The molecule has 2 fully saturated rings. The molecule has 4 rings (SSSR count). The Morgan fingerprint density at radius 1 is 0.950 bits per heavy atom. The van der Waals surface area contributed by atoms with Crippen molar-refractivity contribution in [2.45, 2.75) is 6.42 Å². The number of nitrogens with zero attached hydrogens (tertiary/aromatic N) is 1. The molecule has 5 heteroatoms. The summed E-state index contributed by atoms with van der Waals surface area (Å²) in [5.41, 5.74) is 0.333. The lowest BCUT2D eigenvalue weighted by atomic mass is 9.85. The summed E-state index contributed by atoms with van der Waals surface area (Å²) in [6.07, 6.45) is 5.04. The van der Waals surface area contributed by atoms with Crippen molar-refractivity contribution in [2.24, 2.45) is 23.7 Å². The van der Waals surface area contributed by atoms with E-state index < -0.39 is 0 Å². The number of hydrogen-bond donors (Lipinski definition) is 0. The minimum Gasteiger partial charge on any atom is -0.274 e. The van der Waals surface area contributed by atoms with E-state index in [1.54, 1.807) is 18.2 Å². The van der Waals surface area contributed by atoms with Crippen LogP contribution in [0.15, 0.2) is 30.4 Å². The van der Waals surface area contributed by atoms with Gasteiger partial charge in [-0.3, -0.25) is 9.59 Å². The monoisotopic (exact) mass is 307 g/mol. The molecular formula is C15H11Cl2NO2. The van der Waals surface area contributed by atoms with Gasteiger partial charge >= 0.3 is 0 Å². The van der Waals surface area contributed by atoms with E-state index in [9.17, 15) is 9.59 Å². The third-order valence-corrected chi connectivity index (χ3v) is 5.24. The Bertz CT molecular complexity index is 620. The fourth-order valence-electron chi connectivity index (χ4n) is 3.83. The number of anilines is 1. The molecule has 3 nitrogen and oxygen atoms in total. The number of halogens is 2. The molecular weight excluding hydrogens is 297 g/mol. The third-order valence-electron chi connectivity index (χ3n) is 4.63. The summed E-state index contributed by atoms with van der Waals surface area (Å²) < 4.78 is 0. The number of imide groups is 1. The number of amides is 2. The van der Waals surface area contributed by atoms with E-state index >= 15 is 0 Å². The van der Waals surface area contributed by atoms with Crippen LogP contribution in [-0.2, 0) is 9.59 Å². The Kier molecular flexibility index (Phi) is 2.54. The van der Waals surface area contributed by atoms with Gasteiger partial charge in [0.15, 0.2) is 0 Å². The van der Waals surface area contributed by atoms with E-state index in [-0.39, 0.29) is 35.5 Å². The smallest absolute Gasteiger partial charge is 0.238 e. The zero-order chi connectivity index (χ0) is 14.0. The number of rotatable bonds is 1. The highest BCUT2D eigenvalue weighted by Gasteiger charge is 2.60. The van der Waals surface area contributed by atoms with Crippen molar-refractivity contribution in [2.75, 3.05) is 4.90 Å². The quantitative estimate of drug-likeness (QED) is 0.589. The van der Waals surface area contributed by atoms with Crippen LogP contribution in [0.25, 0.3) is 0 Å². The molecule has 1 saturated carbocycles. The highest BCUT2D eigenvalue weighted by molar-refractivity contribution is 6.42. The molecule has 0 unspecified atom stereocenters. The zero-order valence-electron chi connectivity index (χ0n) is 10.4. The van der Waals surface area contributed by atoms with Gasteiger partial charge in [0, 0.05) is 0 Å². The minimum absolute atomic E-state index is 0.160. The molecule has 1 aromatic carbocycles. The van der Waals surface area contributed by atoms with Crippen LogP contribution < -0.4 is 4.90 Å². The summed E-state index contributed by atoms with van der Waals surface area (Å²) in [6, 6.07) is 4.99. The van der Waals surface area contributed by atoms with Crippen molar-refractivity contribution in [3.8, 4) is 0 Å². The lowest BCUT2D eigenvalue weighted by Gasteiger charge is -2.19. The van der Waals surface area contributed by atoms with Crippen LogP contribution in [0.5, 0.6) is 0 Å². The molecule has 2 bridgehead atoms. The summed E-state index contributed by atoms with van der Waals surface area (Å²) in [6.45, 7) is 0. The second-order valence-electron chi connectivity index (χ2n) is 5.58. The molecule has 2 aliphatic carbocycles. The van der Waals surface area contributed by atoms with E-state index in [2.05, 4.69) is 12.2 Å². The Labute approximate surface area is 126 Å². The van der Waals surface area contributed by atoms with Gasteiger partial charge in [0.2, 0.25) is 11.8 Å². The van der Waals surface area contributed by atoms with Crippen molar-refractivity contribution < 1.29 is 9.59 Å². The number of para-hydroxylation sites is 1. The molecule has 1 heterocycles. The van der Waals surface area contributed by atoms with E-state index in [1.807, 2.05) is 0 Å². The van der Waals surface area contributed by atoms with Crippen LogP contribution in [0.2, 0.25) is 10.0 Å². The fourth-order valence-corrected chi connectivity index (χ4v) is 4.39. The van der Waals surface area contributed by atoms with Crippen LogP contribution in [0.3, 0.4) is 0 Å². The van der Waals surface area contributed by atoms with Crippen molar-refractivity contribution in [1.29, 1.82) is 0 Å². The molecule has 0 N–H and O–H groups in total. The first-order valence-electron chi connectivity index (χ1n) is 6.59. The van der Waals surface area contributed by atoms with E-state index in [4.69, 9.17) is 23.2 Å². The van der Waals surface area contributed by atoms with E-state index in [1.165, 1.54) is 4.90 Å². The lowest BCUT2D eigenvalue weighted by molar-refractivity contribution is -0.123. The molecule has 3 aliphatic rings. The molecule has 102 valence electrons. The number of benzene rings is 1. The number of allylic oxidation sites excluding steroid dienone is 2. The first-order valence-corrected chi connectivity index (χ1v) is 7.35. The topological polar surface area (TPSA) is 37.4 Å². The number of fused-ring (bicyclic) bond motifs is 5. The van der Waals surface area contributed by atoms with Gasteiger partial charge in [0.05, 0.1) is 27.6 Å². The highest BCUT2D eigenvalue weighted by Crippen LogP contribution is 2.54. The van der Waals surface area contributed by atoms with Gasteiger partial charge in [-0.25, -0.2) is 4.90 Å². The predicted octanol–water partition coefficient (Wildman–Crippen LogP) is 3.30. The molecule has 2 amide bonds. The summed E-state index contributed by atoms with van der Waals surface area (Å²) in [5, 5.41) is 0.666. The highest BCUT2D eigenvalue weighted by atomic mass is 35.5. The molecule has 1 aromatic rings. The van der Waals surface area contributed by atoms with Gasteiger partial charge in [-0.05, 0) is 30.4 Å². The molecule has 4 atom stereocenters. The number of carbonyl (C=O) groups is 2. The van der Waals surface area contributed by atoms with Gasteiger partial charge in [0.1, 0.15) is 0 Å². The zero-order valence-corrected chi connectivity index (χ0v) is 11.9. The van der Waals surface area contributed by atoms with Gasteiger partial charge < -0.3 is 0 Å². The average Bonchev–Trinajstić information content (AvgIpc) is 3.07. The van der Waals surface area contributed by atoms with Crippen LogP contribution in [0.1, 0.15) is 6.42 Å². The van der Waals surface area contributed by atoms with Crippen molar-refractivity contribution in [3.63, 3.8) is 0 Å². The second-order valence-corrected chi connectivity index (χ2v) is 6.40. The minimum atomic E-state index is -0.232. The molecule has 1 aliphatic heterocycles. The van der Waals surface area contributed by atoms with Crippen LogP contribution in [-0.4, -0.2) is 11.8 Å². The summed E-state index contributed by atoms with van der Waals surface area (Å²) >= 11 is 12.3. The predicted molar refractivity (Wildman–Crippen MR) is 76.7 cm³/mol. The van der Waals surface area contributed by atoms with Gasteiger partial charge in [-0.2, -0.15) is 0 Å². The largest absolute Gasteiger partial charge is 0.274 e. The Morgan fingerprint density at radius 2 is 1.45 bits per heavy atom. The number of carbonyl (C=O) groups excluding carboxylic acids is 2. The van der Waals surface area contributed by atoms with Crippen LogP contribution in [0, 0.1) is 23.7 Å². The first kappa shape index (κ1) is 12.4. The molecule has 0 radical (unpaired) electrons. The number of hydrogen-bond acceptors (Lipinski definition) is 2.